The molecule has 0 bridgehead atoms. The minimum absolute atomic E-state index is 0.298. The fourth-order valence-corrected chi connectivity index (χ4v) is 1.37. The van der Waals surface area contributed by atoms with Crippen LogP contribution in [0.5, 0.6) is 0 Å². The normalized spacial score (nSPS) is 11.5. The van der Waals surface area contributed by atoms with Crippen molar-refractivity contribution in [3.8, 4) is 11.3 Å². The lowest BCUT2D eigenvalue weighted by Gasteiger charge is -2.10. The van der Waals surface area contributed by atoms with Gasteiger partial charge in [0.15, 0.2) is 0 Å². The van der Waals surface area contributed by atoms with Crippen molar-refractivity contribution in [1.82, 2.24) is 15.0 Å². The number of halogens is 3. The van der Waals surface area contributed by atoms with Gasteiger partial charge in [-0.25, -0.2) is 4.98 Å². The molecule has 88 valence electrons. The molecule has 0 aliphatic rings. The van der Waals surface area contributed by atoms with E-state index in [4.69, 9.17) is 0 Å². The molecule has 2 aromatic heterocycles. The summed E-state index contributed by atoms with van der Waals surface area (Å²) in [5, 5.41) is 0. The fraction of sp³-hybridized carbons (Fsp3) is 0.100. The molecule has 2 heterocycles. The first-order chi connectivity index (χ1) is 8.00. The number of aromatic amines is 1. The van der Waals surface area contributed by atoms with Crippen molar-refractivity contribution in [3.05, 3.63) is 46.8 Å². The van der Waals surface area contributed by atoms with E-state index in [0.29, 0.717) is 0 Å². The van der Waals surface area contributed by atoms with Gasteiger partial charge >= 0.3 is 6.18 Å². The van der Waals surface area contributed by atoms with E-state index in [1.165, 1.54) is 12.4 Å². The average Bonchev–Trinajstić information content (AvgIpc) is 2.28. The molecule has 0 aliphatic heterocycles. The van der Waals surface area contributed by atoms with Crippen molar-refractivity contribution in [2.45, 2.75) is 6.18 Å². The Morgan fingerprint density at radius 3 is 2.65 bits per heavy atom. The monoisotopic (exact) mass is 241 g/mol. The largest absolute Gasteiger partial charge is 0.417 e. The number of nitrogens with one attached hydrogen (secondary N) is 1. The van der Waals surface area contributed by atoms with Crippen LogP contribution in [0.3, 0.4) is 0 Å². The first kappa shape index (κ1) is 11.3. The Balaban J connectivity index is 2.69. The summed E-state index contributed by atoms with van der Waals surface area (Å²) in [6.07, 6.45) is -0.106. The molecule has 0 amide bonds. The molecular weight excluding hydrogens is 235 g/mol. The minimum Gasteiger partial charge on any atom is -0.326 e. The second kappa shape index (κ2) is 4.00. The van der Waals surface area contributed by atoms with Crippen molar-refractivity contribution in [2.75, 3.05) is 0 Å². The van der Waals surface area contributed by atoms with Crippen LogP contribution in [0.15, 0.2) is 35.6 Å². The highest BCUT2D eigenvalue weighted by molar-refractivity contribution is 5.62. The molecule has 2 aromatic rings. The van der Waals surface area contributed by atoms with Crippen LogP contribution in [0.1, 0.15) is 5.56 Å². The molecule has 0 fully saturated rings. The zero-order chi connectivity index (χ0) is 12.5. The van der Waals surface area contributed by atoms with Gasteiger partial charge in [-0.3, -0.25) is 9.78 Å². The number of alkyl halides is 3. The number of nitrogens with zero attached hydrogens (tertiary/aromatic N) is 2. The van der Waals surface area contributed by atoms with E-state index in [0.717, 1.165) is 18.5 Å². The summed E-state index contributed by atoms with van der Waals surface area (Å²) in [7, 11) is 0. The molecule has 0 spiro atoms. The molecule has 7 heteroatoms. The van der Waals surface area contributed by atoms with Gasteiger partial charge in [-0.15, -0.1) is 0 Å². The van der Waals surface area contributed by atoms with Crippen LogP contribution < -0.4 is 5.56 Å². The van der Waals surface area contributed by atoms with E-state index in [2.05, 4.69) is 15.0 Å². The van der Waals surface area contributed by atoms with Crippen LogP contribution in [0.25, 0.3) is 11.3 Å². The van der Waals surface area contributed by atoms with Gasteiger partial charge in [0, 0.05) is 30.4 Å². The van der Waals surface area contributed by atoms with Crippen LogP contribution in [-0.4, -0.2) is 15.0 Å². The lowest BCUT2D eigenvalue weighted by Crippen LogP contribution is -2.14. The maximum atomic E-state index is 12.7. The highest BCUT2D eigenvalue weighted by atomic mass is 19.4. The van der Waals surface area contributed by atoms with Crippen LogP contribution in [-0.2, 0) is 6.18 Å². The molecule has 0 aliphatic carbocycles. The summed E-state index contributed by atoms with van der Waals surface area (Å²) in [4.78, 5) is 20.9. The van der Waals surface area contributed by atoms with Crippen LogP contribution in [0.2, 0.25) is 0 Å². The van der Waals surface area contributed by atoms with Crippen molar-refractivity contribution in [1.29, 1.82) is 0 Å². The second-order valence-electron chi connectivity index (χ2n) is 3.19. The van der Waals surface area contributed by atoms with E-state index < -0.39 is 17.3 Å². The van der Waals surface area contributed by atoms with Gasteiger partial charge in [0.25, 0.3) is 5.56 Å². The van der Waals surface area contributed by atoms with Crippen molar-refractivity contribution < 1.29 is 13.2 Å². The third kappa shape index (κ3) is 2.17. The quantitative estimate of drug-likeness (QED) is 0.828. The first-order valence-corrected chi connectivity index (χ1v) is 4.55. The maximum absolute atomic E-state index is 12.7. The predicted octanol–water partition coefficient (Wildman–Crippen LogP) is 1.85. The van der Waals surface area contributed by atoms with Crippen molar-refractivity contribution >= 4 is 0 Å². The minimum atomic E-state index is -4.55. The summed E-state index contributed by atoms with van der Waals surface area (Å²) in [6, 6.07) is 0.809. The first-order valence-electron chi connectivity index (χ1n) is 4.55. The highest BCUT2D eigenvalue weighted by Gasteiger charge is 2.34. The topological polar surface area (TPSA) is 58.6 Å². The molecule has 0 unspecified atom stereocenters. The van der Waals surface area contributed by atoms with Crippen molar-refractivity contribution in [3.63, 3.8) is 0 Å². The predicted molar refractivity (Wildman–Crippen MR) is 53.1 cm³/mol. The van der Waals surface area contributed by atoms with Gasteiger partial charge in [-0.05, 0) is 6.07 Å². The molecule has 1 N–H and O–H groups in total. The van der Waals surface area contributed by atoms with Gasteiger partial charge in [0.2, 0.25) is 0 Å². The summed E-state index contributed by atoms with van der Waals surface area (Å²) >= 11 is 0. The van der Waals surface area contributed by atoms with Gasteiger partial charge < -0.3 is 4.98 Å². The number of pyridine rings is 1. The van der Waals surface area contributed by atoms with Gasteiger partial charge in [-0.2, -0.15) is 13.2 Å². The van der Waals surface area contributed by atoms with Gasteiger partial charge in [0.05, 0.1) is 5.56 Å². The molecule has 0 saturated heterocycles. The van der Waals surface area contributed by atoms with E-state index >= 15 is 0 Å². The summed E-state index contributed by atoms with van der Waals surface area (Å²) in [5.74, 6) is 0. The third-order valence-electron chi connectivity index (χ3n) is 2.09. The van der Waals surface area contributed by atoms with Gasteiger partial charge in [0.1, 0.15) is 5.69 Å². The maximum Gasteiger partial charge on any atom is 0.417 e. The molecule has 17 heavy (non-hydrogen) atoms. The van der Waals surface area contributed by atoms with E-state index in [9.17, 15) is 18.0 Å². The Bertz CT molecular complexity index is 592. The van der Waals surface area contributed by atoms with Crippen LogP contribution >= 0.6 is 0 Å². The lowest BCUT2D eigenvalue weighted by molar-refractivity contribution is -0.137. The van der Waals surface area contributed by atoms with Crippen LogP contribution in [0, 0.1) is 0 Å². The number of hydrogen-bond acceptors (Lipinski definition) is 3. The lowest BCUT2D eigenvalue weighted by atomic mass is 10.1. The fourth-order valence-electron chi connectivity index (χ4n) is 1.37. The molecule has 0 aromatic carbocycles. The molecule has 2 rings (SSSR count). The summed E-state index contributed by atoms with van der Waals surface area (Å²) < 4.78 is 38.1. The third-order valence-corrected chi connectivity index (χ3v) is 2.09. The number of rotatable bonds is 1. The Morgan fingerprint density at radius 2 is 2.00 bits per heavy atom. The highest BCUT2D eigenvalue weighted by Crippen LogP contribution is 2.34. The summed E-state index contributed by atoms with van der Waals surface area (Å²) in [6.45, 7) is 0. The number of H-pyrrole nitrogens is 1. The standard InChI is InChI=1S/C10H6F3N3O/c11-10(12,13)7-1-2-14-5-6(7)8-9(17)16-4-3-15-8/h1-5H,(H,16,17). The Hall–Kier alpha value is -2.18. The Kier molecular flexibility index (Phi) is 2.66. The molecule has 4 nitrogen and oxygen atoms in total. The Morgan fingerprint density at radius 1 is 1.24 bits per heavy atom. The van der Waals surface area contributed by atoms with Crippen molar-refractivity contribution in [2.24, 2.45) is 0 Å². The number of aromatic nitrogens is 3. The van der Waals surface area contributed by atoms with E-state index in [1.54, 1.807) is 0 Å². The van der Waals surface area contributed by atoms with E-state index in [-0.39, 0.29) is 11.3 Å². The van der Waals surface area contributed by atoms with Gasteiger partial charge in [-0.1, -0.05) is 0 Å². The molecule has 0 saturated carbocycles. The smallest absolute Gasteiger partial charge is 0.326 e. The SMILES string of the molecule is O=c1[nH]ccnc1-c1cnccc1C(F)(F)F. The zero-order valence-corrected chi connectivity index (χ0v) is 8.32. The molecule has 0 radical (unpaired) electrons. The van der Waals surface area contributed by atoms with E-state index in [1.807, 2.05) is 0 Å². The zero-order valence-electron chi connectivity index (χ0n) is 8.32. The number of hydrogen-bond donors (Lipinski definition) is 1. The second-order valence-corrected chi connectivity index (χ2v) is 3.19. The van der Waals surface area contributed by atoms with Crippen LogP contribution in [0.4, 0.5) is 13.2 Å². The molecular formula is C10H6F3N3O. The molecule has 0 atom stereocenters. The summed E-state index contributed by atoms with van der Waals surface area (Å²) in [5.41, 5.74) is -2.25. The average molecular weight is 241 g/mol. The Labute approximate surface area is 93.2 Å².